The number of hydrogen-bond donors (Lipinski definition) is 4. The summed E-state index contributed by atoms with van der Waals surface area (Å²) in [5, 5.41) is 96.3. The van der Waals surface area contributed by atoms with Crippen molar-refractivity contribution in [3.05, 3.63) is 0 Å². The zero-order chi connectivity index (χ0) is 48.1. The van der Waals surface area contributed by atoms with E-state index in [1.54, 1.807) is 39.6 Å². The van der Waals surface area contributed by atoms with Crippen molar-refractivity contribution in [2.45, 2.75) is 96.1 Å². The third kappa shape index (κ3) is 93.5. The Kier molecular flexibility index (Phi) is 63.2. The average Bonchev–Trinajstić information content (AvgIpc) is 2.97. The Labute approximate surface area is 398 Å². The van der Waals surface area contributed by atoms with Gasteiger partial charge in [0.25, 0.3) is 0 Å². The Morgan fingerprint density at radius 2 is 0.623 bits per heavy atom. The molecule has 0 aromatic heterocycles. The van der Waals surface area contributed by atoms with Crippen LogP contribution in [-0.2, 0) is 102 Å². The SMILES string of the molecule is CC[C-]=O.CC[C-]=O.CC[C-]=O.C[N+](C)(C)CC(O)CC(=O)[O-].C[N+](C)(C)CC(O)CC(=O)[O-].C[N+](C)(C)CC(O)CC(=O)[O-].O=C([O-])CC(O)(CC(=O)[O-])C(=O)[O-].[Zn+2].[Zn+2].[Zn+2]. The first-order chi connectivity index (χ1) is 26.0. The molecule has 0 aromatic carbocycles. The standard InChI is InChI=1S/3C7H15NO3.C6H8O7.3C3H5O.3Zn/c3*1-8(2,3)5-6(9)4-7(10)11;7-3(8)1-6(13,5(11)12)2-4(9)10;3*1-2-3-4;;;/h3*6,9H,4-5H2,1-3H3;13H,1-2H2,(H,7,8)(H,9,10)(H,11,12);3*2H2,1H3;;;/q;;;;3*-1;3*+2/p-3. The van der Waals surface area contributed by atoms with Crippen LogP contribution in [0.4, 0.5) is 0 Å². The number of nitrogens with zero attached hydrogens (tertiary/aromatic N) is 3. The van der Waals surface area contributed by atoms with E-state index in [9.17, 15) is 59.4 Å². The number of carbonyl (C=O) groups is 6. The van der Waals surface area contributed by atoms with Gasteiger partial charge < -0.3 is 108 Å². The molecule has 4 N–H and O–H groups in total. The van der Waals surface area contributed by atoms with Crippen molar-refractivity contribution in [1.82, 2.24) is 0 Å². The fourth-order valence-electron chi connectivity index (χ4n) is 3.35. The number of carboxylic acid groups (broad SMARTS) is 6. The molecular weight excluding hydrogens is 975 g/mol. The summed E-state index contributed by atoms with van der Waals surface area (Å²) in [5.74, 6) is -9.59. The van der Waals surface area contributed by atoms with E-state index in [0.29, 0.717) is 52.3 Å². The van der Waals surface area contributed by atoms with E-state index < -0.39 is 72.6 Å². The van der Waals surface area contributed by atoms with Gasteiger partial charge in [0, 0.05) is 62.0 Å². The molecule has 0 aliphatic heterocycles. The number of carboxylic acids is 6. The molecule has 22 nitrogen and oxygen atoms in total. The van der Waals surface area contributed by atoms with Crippen LogP contribution in [0, 0.1) is 0 Å². The van der Waals surface area contributed by atoms with Crippen LogP contribution < -0.4 is 30.6 Å². The van der Waals surface area contributed by atoms with Gasteiger partial charge in [-0.15, -0.1) is 0 Å². The van der Waals surface area contributed by atoms with Gasteiger partial charge in [0.1, 0.15) is 43.5 Å². The van der Waals surface area contributed by atoms with Gasteiger partial charge in [0.15, 0.2) is 0 Å². The molecule has 0 rings (SSSR count). The van der Waals surface area contributed by atoms with E-state index in [2.05, 4.69) is 0 Å². The maximum absolute atomic E-state index is 10.1. The summed E-state index contributed by atoms with van der Waals surface area (Å²) in [5.41, 5.74) is -2.97. The molecule has 0 heterocycles. The van der Waals surface area contributed by atoms with E-state index in [1.807, 2.05) is 63.4 Å². The first kappa shape index (κ1) is 82.2. The Morgan fingerprint density at radius 3 is 0.705 bits per heavy atom. The Hall–Kier alpha value is -2.58. The molecule has 25 heteroatoms. The Balaban J connectivity index is -0.0000000643. The molecule has 0 fully saturated rings. The van der Waals surface area contributed by atoms with Crippen molar-refractivity contribution in [3.8, 4) is 0 Å². The first-order valence-corrected chi connectivity index (χ1v) is 17.4. The van der Waals surface area contributed by atoms with E-state index >= 15 is 0 Å². The summed E-state index contributed by atoms with van der Waals surface area (Å²) in [4.78, 5) is 87.2. The second-order valence-electron chi connectivity index (χ2n) is 15.0. The number of carbonyl (C=O) groups excluding carboxylic acids is 9. The van der Waals surface area contributed by atoms with Crippen LogP contribution in [0.1, 0.15) is 72.1 Å². The van der Waals surface area contributed by atoms with Crippen LogP contribution in [0.3, 0.4) is 0 Å². The van der Waals surface area contributed by atoms with Crippen molar-refractivity contribution < 1.29 is 166 Å². The van der Waals surface area contributed by atoms with Gasteiger partial charge in [0.05, 0.1) is 69.4 Å². The molecular formula is C36H65N3O19Zn3. The molecule has 3 unspecified atom stereocenters. The molecule has 0 aliphatic rings. The van der Waals surface area contributed by atoms with E-state index in [0.717, 1.165) is 0 Å². The zero-order valence-electron chi connectivity index (χ0n) is 37.9. The fourth-order valence-corrected chi connectivity index (χ4v) is 3.35. The second-order valence-corrected chi connectivity index (χ2v) is 15.0. The third-order valence-electron chi connectivity index (χ3n) is 5.17. The smallest absolute Gasteiger partial charge is 0.550 e. The van der Waals surface area contributed by atoms with Crippen LogP contribution in [0.2, 0.25) is 0 Å². The minimum absolute atomic E-state index is 0. The van der Waals surface area contributed by atoms with Gasteiger partial charge in [0.2, 0.25) is 0 Å². The number of hydrogen-bond acceptors (Lipinski definition) is 19. The molecule has 344 valence electrons. The zero-order valence-corrected chi connectivity index (χ0v) is 46.8. The summed E-state index contributed by atoms with van der Waals surface area (Å²) in [6.45, 7) is 6.54. The van der Waals surface area contributed by atoms with Crippen molar-refractivity contribution in [1.29, 1.82) is 0 Å². The summed E-state index contributed by atoms with van der Waals surface area (Å²) < 4.78 is 1.65. The Bertz CT molecular complexity index is 1060. The minimum Gasteiger partial charge on any atom is -0.550 e. The molecule has 61 heavy (non-hydrogen) atoms. The molecule has 0 saturated heterocycles. The van der Waals surface area contributed by atoms with Crippen LogP contribution in [0.15, 0.2) is 0 Å². The number of aliphatic carboxylic acids is 6. The summed E-state index contributed by atoms with van der Waals surface area (Å²) in [7, 11) is 17.0. The maximum Gasteiger partial charge on any atom is 2.00 e. The molecule has 0 saturated carbocycles. The molecule has 0 radical (unpaired) electrons. The van der Waals surface area contributed by atoms with E-state index in [-0.39, 0.29) is 77.7 Å². The van der Waals surface area contributed by atoms with Gasteiger partial charge in [-0.3, -0.25) is 18.9 Å². The van der Waals surface area contributed by atoms with Crippen molar-refractivity contribution in [3.63, 3.8) is 0 Å². The van der Waals surface area contributed by atoms with Gasteiger partial charge in [-0.25, -0.2) is 0 Å². The first-order valence-electron chi connectivity index (χ1n) is 17.4. The van der Waals surface area contributed by atoms with Crippen LogP contribution in [0.25, 0.3) is 0 Å². The number of aliphatic hydroxyl groups excluding tert-OH is 3. The normalized spacial score (nSPS) is 11.4. The summed E-state index contributed by atoms with van der Waals surface area (Å²) in [6.07, 6.45) is 0.604. The number of rotatable bonds is 20. The average molecular weight is 1040 g/mol. The molecule has 0 bridgehead atoms. The predicted molar refractivity (Wildman–Crippen MR) is 193 cm³/mol. The largest absolute Gasteiger partial charge is 2.00 e. The van der Waals surface area contributed by atoms with Gasteiger partial charge in [-0.2, -0.15) is 19.3 Å². The topological polar surface area (TPSA) is 373 Å². The van der Waals surface area contributed by atoms with E-state index in [1.165, 1.54) is 0 Å². The fraction of sp³-hybridized carbons (Fsp3) is 0.750. The van der Waals surface area contributed by atoms with Crippen LogP contribution in [0.5, 0.6) is 0 Å². The minimum atomic E-state index is -2.97. The van der Waals surface area contributed by atoms with Gasteiger partial charge in [-0.1, -0.05) is 20.8 Å². The number of quaternary nitrogens is 3. The van der Waals surface area contributed by atoms with E-state index in [4.69, 9.17) is 34.8 Å². The quantitative estimate of drug-likeness (QED) is 0.0500. The van der Waals surface area contributed by atoms with Crippen LogP contribution in [-0.4, -0.2) is 196 Å². The van der Waals surface area contributed by atoms with Crippen molar-refractivity contribution in [2.24, 2.45) is 0 Å². The molecule has 0 spiro atoms. The van der Waals surface area contributed by atoms with Crippen LogP contribution >= 0.6 is 0 Å². The third-order valence-corrected chi connectivity index (χ3v) is 5.17. The predicted octanol–water partition coefficient (Wildman–Crippen LogP) is -9.16. The van der Waals surface area contributed by atoms with Crippen molar-refractivity contribution >= 4 is 54.7 Å². The number of aliphatic hydroxyl groups is 4. The summed E-state index contributed by atoms with van der Waals surface area (Å²) in [6, 6.07) is 0. The molecule has 0 amide bonds. The molecule has 0 aliphatic carbocycles. The second kappa shape index (κ2) is 46.9. The van der Waals surface area contributed by atoms with Gasteiger partial charge >= 0.3 is 58.4 Å². The molecule has 0 aromatic rings. The molecule has 3 atom stereocenters. The number of likely N-dealkylation sites (N-methyl/N-ethyl adjacent to an activating group) is 3. The monoisotopic (exact) mass is 1040 g/mol. The maximum atomic E-state index is 10.1. The Morgan fingerprint density at radius 1 is 0.459 bits per heavy atom. The summed E-state index contributed by atoms with van der Waals surface area (Å²) >= 11 is 0. The van der Waals surface area contributed by atoms with Crippen molar-refractivity contribution in [2.75, 3.05) is 83.1 Å². The van der Waals surface area contributed by atoms with Gasteiger partial charge in [-0.05, 0) is 0 Å².